The molecule has 2 heterocycles. The molecule has 0 N–H and O–H groups in total. The Kier molecular flexibility index (Phi) is 5.74. The first-order valence-electron chi connectivity index (χ1n) is 9.05. The normalized spacial score (nSPS) is 18.1. The van der Waals surface area contributed by atoms with Crippen LogP contribution in [0.25, 0.3) is 0 Å². The maximum Gasteiger partial charge on any atom is 0.243 e. The van der Waals surface area contributed by atoms with E-state index in [1.54, 1.807) is 23.4 Å². The van der Waals surface area contributed by atoms with Crippen LogP contribution in [0.5, 0.6) is 0 Å². The zero-order valence-electron chi connectivity index (χ0n) is 15.6. The quantitative estimate of drug-likeness (QED) is 0.768. The number of hydrogen-bond acceptors (Lipinski definition) is 6. The molecule has 142 valence electrons. The third kappa shape index (κ3) is 3.97. The summed E-state index contributed by atoms with van der Waals surface area (Å²) < 4.78 is 32.8. The monoisotopic (exact) mass is 378 g/mol. The van der Waals surface area contributed by atoms with Crippen molar-refractivity contribution in [1.29, 1.82) is 0 Å². The van der Waals surface area contributed by atoms with Gasteiger partial charge in [0, 0.05) is 33.1 Å². The van der Waals surface area contributed by atoms with Gasteiger partial charge in [0.1, 0.15) is 0 Å². The molecule has 3 rings (SSSR count). The Balaban J connectivity index is 1.64. The van der Waals surface area contributed by atoms with E-state index in [1.165, 1.54) is 5.56 Å². The molecule has 0 aliphatic carbocycles. The van der Waals surface area contributed by atoms with Crippen LogP contribution >= 0.6 is 0 Å². The molecule has 8 heteroatoms. The van der Waals surface area contributed by atoms with Crippen LogP contribution in [0, 0.1) is 6.92 Å². The van der Waals surface area contributed by atoms with Crippen molar-refractivity contribution < 1.29 is 12.8 Å². The second kappa shape index (κ2) is 7.85. The van der Waals surface area contributed by atoms with Crippen molar-refractivity contribution in [2.45, 2.75) is 44.6 Å². The number of sulfonamides is 1. The lowest BCUT2D eigenvalue weighted by molar-refractivity contribution is 0.128. The summed E-state index contributed by atoms with van der Waals surface area (Å²) in [4.78, 5) is 2.54. The fraction of sp³-hybridized carbons (Fsp3) is 0.556. The first-order chi connectivity index (χ1) is 12.4. The average molecular weight is 378 g/mol. The van der Waals surface area contributed by atoms with E-state index in [9.17, 15) is 8.42 Å². The second-order valence-electron chi connectivity index (χ2n) is 6.67. The van der Waals surface area contributed by atoms with Crippen molar-refractivity contribution in [2.24, 2.45) is 0 Å². The van der Waals surface area contributed by atoms with Gasteiger partial charge in [0.05, 0.1) is 10.9 Å². The molecule has 1 aromatic heterocycles. The number of nitrogens with zero attached hydrogens (tertiary/aromatic N) is 4. The van der Waals surface area contributed by atoms with Crippen molar-refractivity contribution in [2.75, 3.05) is 26.2 Å². The van der Waals surface area contributed by atoms with E-state index in [0.717, 1.165) is 12.8 Å². The molecule has 2 aromatic rings. The van der Waals surface area contributed by atoms with Gasteiger partial charge in [-0.15, -0.1) is 10.2 Å². The summed E-state index contributed by atoms with van der Waals surface area (Å²) >= 11 is 0. The minimum Gasteiger partial charge on any atom is -0.424 e. The SMILES string of the molecule is CCCc1ccc(S(=O)(=O)N2CCN(C(C)c3nnc(C)o3)CC2)cc1. The Morgan fingerprint density at radius 2 is 1.77 bits per heavy atom. The predicted octanol–water partition coefficient (Wildman–Crippen LogP) is 2.40. The van der Waals surface area contributed by atoms with Crippen LogP contribution in [0.1, 0.15) is 43.7 Å². The van der Waals surface area contributed by atoms with E-state index in [4.69, 9.17) is 4.42 Å². The Labute approximate surface area is 155 Å². The molecule has 1 aromatic carbocycles. The molecular weight excluding hydrogens is 352 g/mol. The minimum absolute atomic E-state index is 0.0191. The Morgan fingerprint density at radius 3 is 2.31 bits per heavy atom. The molecule has 1 fully saturated rings. The summed E-state index contributed by atoms with van der Waals surface area (Å²) in [6, 6.07) is 7.24. The summed E-state index contributed by atoms with van der Waals surface area (Å²) in [5.41, 5.74) is 1.17. The molecule has 0 amide bonds. The Morgan fingerprint density at radius 1 is 1.12 bits per heavy atom. The van der Waals surface area contributed by atoms with Crippen molar-refractivity contribution in [3.05, 3.63) is 41.6 Å². The number of piperazine rings is 1. The molecular formula is C18H26N4O3S. The Hall–Kier alpha value is -1.77. The van der Waals surface area contributed by atoms with Gasteiger partial charge in [-0.2, -0.15) is 4.31 Å². The minimum atomic E-state index is -3.45. The van der Waals surface area contributed by atoms with Crippen LogP contribution in [-0.4, -0.2) is 54.0 Å². The molecule has 1 aliphatic heterocycles. The van der Waals surface area contributed by atoms with Crippen molar-refractivity contribution in [3.8, 4) is 0 Å². The Bertz CT molecular complexity index is 824. The lowest BCUT2D eigenvalue weighted by atomic mass is 10.1. The third-order valence-electron chi connectivity index (χ3n) is 4.82. The zero-order chi connectivity index (χ0) is 18.7. The molecule has 1 atom stereocenters. The fourth-order valence-electron chi connectivity index (χ4n) is 3.23. The molecule has 0 bridgehead atoms. The highest BCUT2D eigenvalue weighted by Crippen LogP contribution is 2.23. The lowest BCUT2D eigenvalue weighted by Gasteiger charge is -2.36. The van der Waals surface area contributed by atoms with E-state index in [0.29, 0.717) is 42.9 Å². The first kappa shape index (κ1) is 19.0. The summed E-state index contributed by atoms with van der Waals surface area (Å²) in [6.07, 6.45) is 2.01. The number of rotatable bonds is 6. The van der Waals surface area contributed by atoms with Crippen LogP contribution in [0.3, 0.4) is 0 Å². The van der Waals surface area contributed by atoms with Crippen LogP contribution in [0.4, 0.5) is 0 Å². The topological polar surface area (TPSA) is 79.5 Å². The maximum atomic E-state index is 12.9. The first-order valence-corrected chi connectivity index (χ1v) is 10.5. The van der Waals surface area contributed by atoms with Gasteiger partial charge in [-0.05, 0) is 31.0 Å². The van der Waals surface area contributed by atoms with E-state index in [1.807, 2.05) is 19.1 Å². The predicted molar refractivity (Wildman–Crippen MR) is 98.2 cm³/mol. The number of aromatic nitrogens is 2. The second-order valence-corrected chi connectivity index (χ2v) is 8.61. The van der Waals surface area contributed by atoms with E-state index >= 15 is 0 Å². The molecule has 1 aliphatic rings. The maximum absolute atomic E-state index is 12.9. The largest absolute Gasteiger partial charge is 0.424 e. The van der Waals surface area contributed by atoms with Crippen molar-refractivity contribution in [3.63, 3.8) is 0 Å². The highest BCUT2D eigenvalue weighted by molar-refractivity contribution is 7.89. The molecule has 26 heavy (non-hydrogen) atoms. The third-order valence-corrected chi connectivity index (χ3v) is 6.73. The van der Waals surface area contributed by atoms with Gasteiger partial charge in [-0.1, -0.05) is 25.5 Å². The molecule has 1 unspecified atom stereocenters. The molecule has 0 saturated carbocycles. The van der Waals surface area contributed by atoms with E-state index in [-0.39, 0.29) is 6.04 Å². The van der Waals surface area contributed by atoms with Gasteiger partial charge < -0.3 is 4.42 Å². The fourth-order valence-corrected chi connectivity index (χ4v) is 4.66. The summed E-state index contributed by atoms with van der Waals surface area (Å²) in [7, 11) is -3.45. The zero-order valence-corrected chi connectivity index (χ0v) is 16.4. The molecule has 7 nitrogen and oxygen atoms in total. The van der Waals surface area contributed by atoms with Gasteiger partial charge in [0.2, 0.25) is 21.8 Å². The lowest BCUT2D eigenvalue weighted by Crippen LogP contribution is -2.49. The van der Waals surface area contributed by atoms with Gasteiger partial charge >= 0.3 is 0 Å². The highest BCUT2D eigenvalue weighted by Gasteiger charge is 2.31. The summed E-state index contributed by atoms with van der Waals surface area (Å²) in [5, 5.41) is 7.94. The van der Waals surface area contributed by atoms with Crippen LogP contribution in [-0.2, 0) is 16.4 Å². The molecule has 1 saturated heterocycles. The van der Waals surface area contributed by atoms with E-state index in [2.05, 4.69) is 22.0 Å². The number of hydrogen-bond donors (Lipinski definition) is 0. The van der Waals surface area contributed by atoms with Crippen LogP contribution < -0.4 is 0 Å². The van der Waals surface area contributed by atoms with Crippen LogP contribution in [0.2, 0.25) is 0 Å². The number of benzene rings is 1. The molecule has 0 radical (unpaired) electrons. The highest BCUT2D eigenvalue weighted by atomic mass is 32.2. The smallest absolute Gasteiger partial charge is 0.243 e. The van der Waals surface area contributed by atoms with Crippen molar-refractivity contribution >= 4 is 10.0 Å². The van der Waals surface area contributed by atoms with Gasteiger partial charge in [-0.3, -0.25) is 4.90 Å². The summed E-state index contributed by atoms with van der Waals surface area (Å²) in [5.74, 6) is 1.12. The van der Waals surface area contributed by atoms with Crippen molar-refractivity contribution in [1.82, 2.24) is 19.4 Å². The van der Waals surface area contributed by atoms with E-state index < -0.39 is 10.0 Å². The standard InChI is InChI=1S/C18H26N4O3S/c1-4-5-16-6-8-17(9-7-16)26(23,24)22-12-10-21(11-13-22)14(2)18-20-19-15(3)25-18/h6-9,14H,4-5,10-13H2,1-3H3. The number of aryl methyl sites for hydroxylation is 2. The van der Waals surface area contributed by atoms with Gasteiger partial charge in [0.25, 0.3) is 0 Å². The summed E-state index contributed by atoms with van der Waals surface area (Å²) in [6.45, 7) is 8.06. The average Bonchev–Trinajstić information content (AvgIpc) is 3.08. The van der Waals surface area contributed by atoms with Crippen LogP contribution in [0.15, 0.2) is 33.6 Å². The van der Waals surface area contributed by atoms with Gasteiger partial charge in [-0.25, -0.2) is 8.42 Å². The van der Waals surface area contributed by atoms with Gasteiger partial charge in [0.15, 0.2) is 0 Å². The molecule has 0 spiro atoms.